The zero-order valence-electron chi connectivity index (χ0n) is 13.8. The number of carbonyl (C=O) groups excluding carboxylic acids is 2. The first kappa shape index (κ1) is 15.9. The van der Waals surface area contributed by atoms with E-state index >= 15 is 0 Å². The van der Waals surface area contributed by atoms with E-state index in [1.807, 2.05) is 45.6 Å². The van der Waals surface area contributed by atoms with Crippen LogP contribution in [0.15, 0.2) is 23.8 Å². The molecule has 1 saturated carbocycles. The Balaban J connectivity index is 1.68. The highest BCUT2D eigenvalue weighted by atomic mass is 32.1. The van der Waals surface area contributed by atoms with Crippen LogP contribution in [0.25, 0.3) is 0 Å². The SMILES string of the molecule is Cn1cc([C@@H]2C[C@H]2C(=O)Nc2sccc2C(=O)C(C)(C)C)cn1. The summed E-state index contributed by atoms with van der Waals surface area (Å²) in [5, 5.41) is 9.60. The molecule has 1 aliphatic rings. The van der Waals surface area contributed by atoms with E-state index in [0.29, 0.717) is 10.6 Å². The van der Waals surface area contributed by atoms with Crippen molar-refractivity contribution in [2.24, 2.45) is 18.4 Å². The van der Waals surface area contributed by atoms with E-state index in [1.54, 1.807) is 10.7 Å². The highest BCUT2D eigenvalue weighted by Gasteiger charge is 2.45. The van der Waals surface area contributed by atoms with Crippen LogP contribution in [0.3, 0.4) is 0 Å². The second-order valence-electron chi connectivity index (χ2n) is 7.13. The second kappa shape index (κ2) is 5.60. The largest absolute Gasteiger partial charge is 0.317 e. The minimum atomic E-state index is -0.460. The van der Waals surface area contributed by atoms with Crippen LogP contribution < -0.4 is 5.32 Å². The van der Waals surface area contributed by atoms with E-state index in [9.17, 15) is 9.59 Å². The number of carbonyl (C=O) groups is 2. The third-order valence-electron chi connectivity index (χ3n) is 4.11. The van der Waals surface area contributed by atoms with Crippen molar-refractivity contribution in [2.45, 2.75) is 33.1 Å². The van der Waals surface area contributed by atoms with Gasteiger partial charge in [0.1, 0.15) is 5.00 Å². The van der Waals surface area contributed by atoms with Gasteiger partial charge in [-0.2, -0.15) is 5.10 Å². The van der Waals surface area contributed by atoms with Crippen LogP contribution in [0.1, 0.15) is 49.0 Å². The summed E-state index contributed by atoms with van der Waals surface area (Å²) in [5.74, 6) is 0.252. The van der Waals surface area contributed by atoms with Gasteiger partial charge in [0, 0.05) is 24.6 Å². The Morgan fingerprint density at radius 3 is 2.74 bits per heavy atom. The van der Waals surface area contributed by atoms with Crippen molar-refractivity contribution in [2.75, 3.05) is 5.32 Å². The van der Waals surface area contributed by atoms with Crippen molar-refractivity contribution in [3.8, 4) is 0 Å². The third-order valence-corrected chi connectivity index (χ3v) is 4.94. The molecular formula is C17H21N3O2S. The van der Waals surface area contributed by atoms with Gasteiger partial charge < -0.3 is 5.32 Å². The van der Waals surface area contributed by atoms with Gasteiger partial charge in [-0.1, -0.05) is 20.8 Å². The number of thiophene rings is 1. The molecule has 3 rings (SSSR count). The molecule has 0 aliphatic heterocycles. The van der Waals surface area contributed by atoms with Gasteiger partial charge in [-0.05, 0) is 29.3 Å². The molecule has 2 aromatic heterocycles. The topological polar surface area (TPSA) is 64.0 Å². The molecule has 2 atom stereocenters. The Morgan fingerprint density at radius 1 is 1.39 bits per heavy atom. The van der Waals surface area contributed by atoms with E-state index < -0.39 is 5.41 Å². The van der Waals surface area contributed by atoms with E-state index in [4.69, 9.17) is 0 Å². The molecule has 1 N–H and O–H groups in total. The van der Waals surface area contributed by atoms with E-state index in [0.717, 1.165) is 12.0 Å². The Bertz CT molecular complexity index is 754. The fourth-order valence-corrected chi connectivity index (χ4v) is 3.47. The van der Waals surface area contributed by atoms with Crippen LogP contribution in [-0.4, -0.2) is 21.5 Å². The zero-order valence-corrected chi connectivity index (χ0v) is 14.6. The van der Waals surface area contributed by atoms with Crippen molar-refractivity contribution < 1.29 is 9.59 Å². The molecule has 23 heavy (non-hydrogen) atoms. The average Bonchev–Trinajstić information content (AvgIpc) is 2.95. The Labute approximate surface area is 139 Å². The maximum Gasteiger partial charge on any atom is 0.228 e. The number of anilines is 1. The summed E-state index contributed by atoms with van der Waals surface area (Å²) in [6, 6.07) is 1.79. The number of Topliss-reactive ketones (excluding diaryl/α,β-unsaturated/α-hetero) is 1. The fraction of sp³-hybridized carbons (Fsp3) is 0.471. The molecule has 122 valence electrons. The summed E-state index contributed by atoms with van der Waals surface area (Å²) in [6.07, 6.45) is 4.61. The molecule has 2 heterocycles. The summed E-state index contributed by atoms with van der Waals surface area (Å²) in [7, 11) is 1.87. The normalized spacial score (nSPS) is 20.3. The lowest BCUT2D eigenvalue weighted by Gasteiger charge is -2.17. The van der Waals surface area contributed by atoms with Gasteiger partial charge in [-0.25, -0.2) is 0 Å². The van der Waals surface area contributed by atoms with Crippen molar-refractivity contribution in [3.63, 3.8) is 0 Å². The number of aryl methyl sites for hydroxylation is 1. The Morgan fingerprint density at radius 2 is 2.13 bits per heavy atom. The number of rotatable bonds is 4. The quantitative estimate of drug-likeness (QED) is 0.873. The minimum Gasteiger partial charge on any atom is -0.317 e. The molecule has 5 nitrogen and oxygen atoms in total. The van der Waals surface area contributed by atoms with Crippen molar-refractivity contribution >= 4 is 28.0 Å². The molecule has 0 radical (unpaired) electrons. The number of ketones is 1. The standard InChI is InChI=1S/C17H21N3O2S/c1-17(2,3)14(21)11-5-6-23-16(11)19-15(22)13-7-12(13)10-8-18-20(4)9-10/h5-6,8-9,12-13H,7H2,1-4H3,(H,19,22)/t12-,13+/m0/s1. The monoisotopic (exact) mass is 331 g/mol. The first-order valence-electron chi connectivity index (χ1n) is 7.69. The fourth-order valence-electron chi connectivity index (χ4n) is 2.68. The first-order valence-corrected chi connectivity index (χ1v) is 8.57. The molecule has 0 saturated heterocycles. The highest BCUT2D eigenvalue weighted by molar-refractivity contribution is 7.14. The molecule has 1 aliphatic carbocycles. The predicted molar refractivity (Wildman–Crippen MR) is 90.8 cm³/mol. The summed E-state index contributed by atoms with van der Waals surface area (Å²) in [5.41, 5.74) is 1.25. The second-order valence-corrected chi connectivity index (χ2v) is 8.04. The van der Waals surface area contributed by atoms with Crippen molar-refractivity contribution in [1.82, 2.24) is 9.78 Å². The van der Waals surface area contributed by atoms with Gasteiger partial charge in [0.05, 0.1) is 11.8 Å². The molecule has 0 bridgehead atoms. The average molecular weight is 331 g/mol. The van der Waals surface area contributed by atoms with Crippen LogP contribution in [-0.2, 0) is 11.8 Å². The molecule has 6 heteroatoms. The van der Waals surface area contributed by atoms with Gasteiger partial charge >= 0.3 is 0 Å². The summed E-state index contributed by atoms with van der Waals surface area (Å²) in [6.45, 7) is 5.66. The molecule has 0 aromatic carbocycles. The summed E-state index contributed by atoms with van der Waals surface area (Å²) < 4.78 is 1.75. The predicted octanol–water partition coefficient (Wildman–Crippen LogP) is 3.45. The van der Waals surface area contributed by atoms with Crippen molar-refractivity contribution in [3.05, 3.63) is 35.0 Å². The van der Waals surface area contributed by atoms with E-state index in [-0.39, 0.29) is 23.5 Å². The van der Waals surface area contributed by atoms with Crippen LogP contribution in [0, 0.1) is 11.3 Å². The molecule has 1 amide bonds. The Hall–Kier alpha value is -1.95. The lowest BCUT2D eigenvalue weighted by molar-refractivity contribution is -0.117. The molecule has 2 aromatic rings. The van der Waals surface area contributed by atoms with Crippen molar-refractivity contribution in [1.29, 1.82) is 0 Å². The van der Waals surface area contributed by atoms with E-state index in [2.05, 4.69) is 10.4 Å². The number of amides is 1. The van der Waals surface area contributed by atoms with E-state index in [1.165, 1.54) is 11.3 Å². The lowest BCUT2D eigenvalue weighted by atomic mass is 9.87. The number of nitrogens with zero attached hydrogens (tertiary/aromatic N) is 2. The third kappa shape index (κ3) is 3.22. The maximum absolute atomic E-state index is 12.4. The smallest absolute Gasteiger partial charge is 0.228 e. The molecule has 1 fully saturated rings. The Kier molecular flexibility index (Phi) is 3.88. The van der Waals surface area contributed by atoms with Gasteiger partial charge in [0.2, 0.25) is 5.91 Å². The number of nitrogens with one attached hydrogen (secondary N) is 1. The van der Waals surface area contributed by atoms with Gasteiger partial charge in [-0.15, -0.1) is 11.3 Å². The molecular weight excluding hydrogens is 310 g/mol. The molecule has 0 spiro atoms. The zero-order chi connectivity index (χ0) is 16.8. The maximum atomic E-state index is 12.4. The lowest BCUT2D eigenvalue weighted by Crippen LogP contribution is -2.22. The first-order chi connectivity index (χ1) is 10.8. The van der Waals surface area contributed by atoms with Gasteiger partial charge in [0.15, 0.2) is 5.78 Å². The number of aromatic nitrogens is 2. The summed E-state index contributed by atoms with van der Waals surface area (Å²) in [4.78, 5) is 24.9. The minimum absolute atomic E-state index is 0.00994. The number of hydrogen-bond donors (Lipinski definition) is 1. The highest BCUT2D eigenvalue weighted by Crippen LogP contribution is 2.48. The van der Waals surface area contributed by atoms with Gasteiger partial charge in [-0.3, -0.25) is 14.3 Å². The molecule has 0 unspecified atom stereocenters. The number of hydrogen-bond acceptors (Lipinski definition) is 4. The summed E-state index contributed by atoms with van der Waals surface area (Å²) >= 11 is 1.40. The van der Waals surface area contributed by atoms with Crippen LogP contribution >= 0.6 is 11.3 Å². The van der Waals surface area contributed by atoms with Crippen LogP contribution in [0.4, 0.5) is 5.00 Å². The van der Waals surface area contributed by atoms with Gasteiger partial charge in [0.25, 0.3) is 0 Å². The van der Waals surface area contributed by atoms with Crippen LogP contribution in [0.2, 0.25) is 0 Å². The van der Waals surface area contributed by atoms with Crippen LogP contribution in [0.5, 0.6) is 0 Å².